The van der Waals surface area contributed by atoms with Crippen LogP contribution < -0.4 is 5.32 Å². The Bertz CT molecular complexity index is 500. The highest BCUT2D eigenvalue weighted by atomic mass is 16.2. The Balaban J connectivity index is 1.96. The summed E-state index contributed by atoms with van der Waals surface area (Å²) in [5.41, 5.74) is 1.88. The van der Waals surface area contributed by atoms with E-state index in [-0.39, 0.29) is 11.7 Å². The number of aromatic nitrogens is 5. The minimum Gasteiger partial charge on any atom is -0.345 e. The van der Waals surface area contributed by atoms with E-state index < -0.39 is 0 Å². The van der Waals surface area contributed by atoms with Gasteiger partial charge >= 0.3 is 0 Å². The highest BCUT2D eigenvalue weighted by Crippen LogP contribution is 2.01. The van der Waals surface area contributed by atoms with Crippen molar-refractivity contribution in [2.24, 2.45) is 0 Å². The van der Waals surface area contributed by atoms with Crippen molar-refractivity contribution in [2.45, 2.75) is 20.4 Å². The van der Waals surface area contributed by atoms with Crippen LogP contribution in [0.25, 0.3) is 0 Å². The Morgan fingerprint density at radius 2 is 2.25 bits per heavy atom. The number of aryl methyl sites for hydroxylation is 2. The number of carbonyl (C=O) groups excluding carboxylic acids is 1. The van der Waals surface area contributed by atoms with Gasteiger partial charge < -0.3 is 5.32 Å². The van der Waals surface area contributed by atoms with Crippen LogP contribution in [0.5, 0.6) is 0 Å². The zero-order valence-corrected chi connectivity index (χ0v) is 9.03. The van der Waals surface area contributed by atoms with Gasteiger partial charge in [-0.3, -0.25) is 15.0 Å². The van der Waals surface area contributed by atoms with Gasteiger partial charge in [0, 0.05) is 17.8 Å². The molecule has 0 bridgehead atoms. The minimum atomic E-state index is -0.301. The summed E-state index contributed by atoms with van der Waals surface area (Å²) in [5.74, 6) is 0.466. The van der Waals surface area contributed by atoms with Gasteiger partial charge in [0.05, 0.1) is 6.20 Å². The second kappa shape index (κ2) is 4.13. The lowest BCUT2D eigenvalue weighted by Crippen LogP contribution is -2.24. The zero-order chi connectivity index (χ0) is 11.5. The smallest absolute Gasteiger partial charge is 0.291 e. The normalized spacial score (nSPS) is 10.4. The molecule has 7 heteroatoms. The summed E-state index contributed by atoms with van der Waals surface area (Å²) in [6.07, 6.45) is 1.68. The van der Waals surface area contributed by atoms with Gasteiger partial charge in [-0.1, -0.05) is 0 Å². The van der Waals surface area contributed by atoms with Crippen LogP contribution in [0.1, 0.15) is 27.7 Å². The molecule has 2 aromatic heterocycles. The molecule has 0 aliphatic rings. The fourth-order valence-corrected chi connectivity index (χ4v) is 1.25. The molecule has 0 radical (unpaired) electrons. The molecule has 0 aliphatic heterocycles. The van der Waals surface area contributed by atoms with Crippen LogP contribution in [-0.2, 0) is 6.54 Å². The Kier molecular flexibility index (Phi) is 2.67. The third kappa shape index (κ3) is 2.08. The first kappa shape index (κ1) is 10.3. The number of hydrogen-bond donors (Lipinski definition) is 3. The van der Waals surface area contributed by atoms with Crippen molar-refractivity contribution in [3.05, 3.63) is 29.1 Å². The molecule has 7 nitrogen and oxygen atoms in total. The molecular weight excluding hydrogens is 208 g/mol. The maximum atomic E-state index is 11.6. The van der Waals surface area contributed by atoms with Gasteiger partial charge in [0.1, 0.15) is 5.82 Å². The molecule has 2 heterocycles. The van der Waals surface area contributed by atoms with Crippen molar-refractivity contribution in [1.29, 1.82) is 0 Å². The summed E-state index contributed by atoms with van der Waals surface area (Å²) in [4.78, 5) is 15.5. The number of nitrogens with zero attached hydrogens (tertiary/aromatic N) is 3. The van der Waals surface area contributed by atoms with E-state index in [0.717, 1.165) is 11.3 Å². The second-order valence-corrected chi connectivity index (χ2v) is 3.45. The van der Waals surface area contributed by atoms with E-state index in [1.165, 1.54) is 0 Å². The maximum absolute atomic E-state index is 11.6. The molecule has 0 aliphatic carbocycles. The fourth-order valence-electron chi connectivity index (χ4n) is 1.25. The van der Waals surface area contributed by atoms with E-state index in [2.05, 4.69) is 30.7 Å². The molecule has 0 unspecified atom stereocenters. The lowest BCUT2D eigenvalue weighted by molar-refractivity contribution is 0.0941. The lowest BCUT2D eigenvalue weighted by Gasteiger charge is -2.00. The molecule has 16 heavy (non-hydrogen) atoms. The molecule has 2 rings (SSSR count). The monoisotopic (exact) mass is 220 g/mol. The average Bonchev–Trinajstić information content (AvgIpc) is 2.84. The van der Waals surface area contributed by atoms with E-state index in [0.29, 0.717) is 12.4 Å². The van der Waals surface area contributed by atoms with Gasteiger partial charge in [0.2, 0.25) is 5.82 Å². The molecule has 0 saturated carbocycles. The maximum Gasteiger partial charge on any atom is 0.291 e. The number of hydrogen-bond acceptors (Lipinski definition) is 4. The van der Waals surface area contributed by atoms with Crippen LogP contribution in [0, 0.1) is 13.8 Å². The quantitative estimate of drug-likeness (QED) is 0.681. The van der Waals surface area contributed by atoms with Crippen LogP contribution in [-0.4, -0.2) is 31.3 Å². The molecular formula is C9H12N6O. The first-order valence-electron chi connectivity index (χ1n) is 4.83. The molecule has 0 fully saturated rings. The van der Waals surface area contributed by atoms with Gasteiger partial charge in [-0.25, -0.2) is 4.98 Å². The topological polar surface area (TPSA) is 99.3 Å². The lowest BCUT2D eigenvalue weighted by atomic mass is 10.2. The molecule has 0 saturated heterocycles. The predicted molar refractivity (Wildman–Crippen MR) is 55.6 cm³/mol. The summed E-state index contributed by atoms with van der Waals surface area (Å²) in [7, 11) is 0. The van der Waals surface area contributed by atoms with Crippen molar-refractivity contribution in [1.82, 2.24) is 30.7 Å². The van der Waals surface area contributed by atoms with Crippen molar-refractivity contribution in [2.75, 3.05) is 0 Å². The molecule has 3 N–H and O–H groups in total. The minimum absolute atomic E-state index is 0.152. The number of aromatic amines is 2. The molecule has 0 spiro atoms. The van der Waals surface area contributed by atoms with E-state index in [1.807, 2.05) is 6.92 Å². The largest absolute Gasteiger partial charge is 0.345 e. The number of rotatable bonds is 3. The first-order valence-corrected chi connectivity index (χ1v) is 4.83. The Hall–Kier alpha value is -2.18. The highest BCUT2D eigenvalue weighted by Gasteiger charge is 2.11. The molecule has 0 atom stereocenters. The standard InChI is InChI=1S/C9H12N6O/c1-5-7(4-11-13-5)3-10-9(16)8-12-6(2)14-15-8/h4H,3H2,1-2H3,(H,10,16)(H,11,13)(H,12,14,15). The fraction of sp³-hybridized carbons (Fsp3) is 0.333. The molecule has 1 amide bonds. The predicted octanol–water partition coefficient (Wildman–Crippen LogP) is 0.0746. The summed E-state index contributed by atoms with van der Waals surface area (Å²) >= 11 is 0. The Labute approximate surface area is 91.7 Å². The number of H-pyrrole nitrogens is 2. The van der Waals surface area contributed by atoms with Crippen molar-refractivity contribution in [3.63, 3.8) is 0 Å². The summed E-state index contributed by atoms with van der Waals surface area (Å²) in [6, 6.07) is 0. The first-order chi connectivity index (χ1) is 7.66. The van der Waals surface area contributed by atoms with Crippen molar-refractivity contribution in [3.8, 4) is 0 Å². The Morgan fingerprint density at radius 1 is 1.44 bits per heavy atom. The van der Waals surface area contributed by atoms with Crippen LogP contribution in [0.2, 0.25) is 0 Å². The van der Waals surface area contributed by atoms with E-state index in [4.69, 9.17) is 0 Å². The molecule has 0 aromatic carbocycles. The van der Waals surface area contributed by atoms with Crippen molar-refractivity contribution < 1.29 is 4.79 Å². The third-order valence-electron chi connectivity index (χ3n) is 2.17. The number of amides is 1. The molecule has 84 valence electrons. The van der Waals surface area contributed by atoms with Crippen LogP contribution >= 0.6 is 0 Å². The van der Waals surface area contributed by atoms with Gasteiger partial charge in [0.25, 0.3) is 5.91 Å². The SMILES string of the molecule is Cc1nc(C(=O)NCc2cn[nH]c2C)n[nH]1. The summed E-state index contributed by atoms with van der Waals surface area (Å²) in [6.45, 7) is 4.05. The number of nitrogens with one attached hydrogen (secondary N) is 3. The summed E-state index contributed by atoms with van der Waals surface area (Å²) in [5, 5.41) is 15.8. The zero-order valence-electron chi connectivity index (χ0n) is 9.03. The van der Waals surface area contributed by atoms with Gasteiger partial charge in [-0.15, -0.1) is 5.10 Å². The number of carbonyl (C=O) groups is 1. The van der Waals surface area contributed by atoms with Crippen LogP contribution in [0.15, 0.2) is 6.20 Å². The van der Waals surface area contributed by atoms with Crippen molar-refractivity contribution >= 4 is 5.91 Å². The van der Waals surface area contributed by atoms with E-state index in [1.54, 1.807) is 13.1 Å². The van der Waals surface area contributed by atoms with Crippen LogP contribution in [0.3, 0.4) is 0 Å². The summed E-state index contributed by atoms with van der Waals surface area (Å²) < 4.78 is 0. The Morgan fingerprint density at radius 3 is 2.81 bits per heavy atom. The third-order valence-corrected chi connectivity index (χ3v) is 2.17. The van der Waals surface area contributed by atoms with Crippen LogP contribution in [0.4, 0.5) is 0 Å². The molecule has 2 aromatic rings. The second-order valence-electron chi connectivity index (χ2n) is 3.45. The highest BCUT2D eigenvalue weighted by molar-refractivity contribution is 5.90. The average molecular weight is 220 g/mol. The van der Waals surface area contributed by atoms with Gasteiger partial charge in [0.15, 0.2) is 0 Å². The van der Waals surface area contributed by atoms with E-state index >= 15 is 0 Å². The van der Waals surface area contributed by atoms with E-state index in [9.17, 15) is 4.79 Å². The van der Waals surface area contributed by atoms with Gasteiger partial charge in [-0.2, -0.15) is 5.10 Å². The van der Waals surface area contributed by atoms with Gasteiger partial charge in [-0.05, 0) is 13.8 Å².